The topological polar surface area (TPSA) is 70.2 Å². The number of carbonyl (C=O) groups is 2. The van der Waals surface area contributed by atoms with Crippen LogP contribution in [-0.4, -0.2) is 16.9 Å². The number of benzene rings is 4. The van der Waals surface area contributed by atoms with Gasteiger partial charge in [0.2, 0.25) is 0 Å². The lowest BCUT2D eigenvalue weighted by molar-refractivity contribution is 0.0976. The minimum Gasteiger partial charge on any atom is -0.332 e. The lowest BCUT2D eigenvalue weighted by Gasteiger charge is -2.12. The van der Waals surface area contributed by atoms with Gasteiger partial charge in [-0.05, 0) is 65.8 Å². The van der Waals surface area contributed by atoms with Crippen LogP contribution in [0.3, 0.4) is 0 Å². The van der Waals surface area contributed by atoms with Crippen LogP contribution >= 0.6 is 23.8 Å². The normalized spacial score (nSPS) is 10.3. The molecular weight excluding hydrogens is 466 g/mol. The second-order valence-corrected chi connectivity index (χ2v) is 8.18. The Morgan fingerprint density at radius 1 is 0.647 bits per heavy atom. The Morgan fingerprint density at radius 2 is 1.26 bits per heavy atom. The summed E-state index contributed by atoms with van der Waals surface area (Å²) in [5.74, 6) is -0.641. The Kier molecular flexibility index (Phi) is 7.32. The molecule has 0 atom stereocenters. The Hall–Kier alpha value is -4.00. The lowest BCUT2D eigenvalue weighted by atomic mass is 10.0. The molecule has 5 nitrogen and oxygen atoms in total. The summed E-state index contributed by atoms with van der Waals surface area (Å²) in [6.07, 6.45) is 0. The summed E-state index contributed by atoms with van der Waals surface area (Å²) in [5, 5.41) is 8.96. The van der Waals surface area contributed by atoms with E-state index in [0.717, 1.165) is 11.1 Å². The van der Waals surface area contributed by atoms with Gasteiger partial charge < -0.3 is 10.6 Å². The van der Waals surface area contributed by atoms with Crippen molar-refractivity contribution in [2.24, 2.45) is 0 Å². The van der Waals surface area contributed by atoms with Crippen molar-refractivity contribution in [1.82, 2.24) is 5.32 Å². The van der Waals surface area contributed by atoms with Crippen LogP contribution in [0.5, 0.6) is 0 Å². The third-order valence-electron chi connectivity index (χ3n) is 4.98. The van der Waals surface area contributed by atoms with Gasteiger partial charge in [0.05, 0.1) is 10.6 Å². The van der Waals surface area contributed by atoms with Gasteiger partial charge >= 0.3 is 0 Å². The molecule has 0 saturated carbocycles. The molecule has 0 heterocycles. The second-order valence-electron chi connectivity index (χ2n) is 7.37. The van der Waals surface area contributed by atoms with Crippen molar-refractivity contribution in [3.05, 3.63) is 119 Å². The molecule has 0 spiro atoms. The van der Waals surface area contributed by atoms with E-state index in [1.54, 1.807) is 60.7 Å². The fraction of sp³-hybridized carbons (Fsp3) is 0. The van der Waals surface area contributed by atoms with Gasteiger partial charge in [-0.3, -0.25) is 14.9 Å². The van der Waals surface area contributed by atoms with Crippen LogP contribution in [0, 0.1) is 0 Å². The van der Waals surface area contributed by atoms with Crippen molar-refractivity contribution < 1.29 is 9.59 Å². The zero-order chi connectivity index (χ0) is 23.9. The van der Waals surface area contributed by atoms with E-state index in [-0.39, 0.29) is 16.9 Å². The van der Waals surface area contributed by atoms with Crippen molar-refractivity contribution >= 4 is 52.1 Å². The van der Waals surface area contributed by atoms with Gasteiger partial charge in [-0.1, -0.05) is 72.3 Å². The van der Waals surface area contributed by atoms with Gasteiger partial charge in [-0.25, -0.2) is 0 Å². The van der Waals surface area contributed by atoms with Crippen LogP contribution in [0.15, 0.2) is 103 Å². The highest BCUT2D eigenvalue weighted by Crippen LogP contribution is 2.21. The third-order valence-corrected chi connectivity index (χ3v) is 5.51. The molecule has 4 aromatic rings. The number of amides is 2. The quantitative estimate of drug-likeness (QED) is 0.286. The largest absolute Gasteiger partial charge is 0.332 e. The molecule has 2 amide bonds. The Labute approximate surface area is 207 Å². The molecule has 0 unspecified atom stereocenters. The summed E-state index contributed by atoms with van der Waals surface area (Å²) in [6.45, 7) is 0. The fourth-order valence-corrected chi connectivity index (χ4v) is 3.73. The number of rotatable bonds is 5. The number of hydrogen-bond donors (Lipinski definition) is 3. The molecule has 3 N–H and O–H groups in total. The molecular formula is C27H20ClN3O2S. The predicted molar refractivity (Wildman–Crippen MR) is 141 cm³/mol. The average Bonchev–Trinajstić information content (AvgIpc) is 2.85. The maximum absolute atomic E-state index is 12.6. The van der Waals surface area contributed by atoms with Crippen LogP contribution in [-0.2, 0) is 0 Å². The Bertz CT molecular complexity index is 1340. The maximum Gasteiger partial charge on any atom is 0.257 e. The predicted octanol–water partition coefficient (Wildman–Crippen LogP) is 6.39. The summed E-state index contributed by atoms with van der Waals surface area (Å²) in [5.41, 5.74) is 4.14. The van der Waals surface area contributed by atoms with Gasteiger partial charge in [0.15, 0.2) is 5.11 Å². The summed E-state index contributed by atoms with van der Waals surface area (Å²) in [6, 6.07) is 31.0. The molecule has 0 aromatic heterocycles. The van der Waals surface area contributed by atoms with Crippen LogP contribution in [0.4, 0.5) is 11.4 Å². The average molecular weight is 486 g/mol. The number of hydrogen-bond acceptors (Lipinski definition) is 3. The number of thiocarbonyl (C=S) groups is 1. The van der Waals surface area contributed by atoms with Crippen molar-refractivity contribution in [2.45, 2.75) is 0 Å². The van der Waals surface area contributed by atoms with Gasteiger partial charge in [0.25, 0.3) is 11.8 Å². The first-order valence-corrected chi connectivity index (χ1v) is 11.2. The Balaban J connectivity index is 1.36. The minimum absolute atomic E-state index is 0.145. The zero-order valence-corrected chi connectivity index (χ0v) is 19.5. The van der Waals surface area contributed by atoms with E-state index in [0.29, 0.717) is 27.5 Å². The molecule has 7 heteroatoms. The fourth-order valence-electron chi connectivity index (χ4n) is 3.30. The smallest absolute Gasteiger partial charge is 0.257 e. The van der Waals surface area contributed by atoms with Crippen LogP contribution < -0.4 is 16.0 Å². The lowest BCUT2D eigenvalue weighted by Crippen LogP contribution is -2.34. The van der Waals surface area contributed by atoms with E-state index in [1.807, 2.05) is 42.5 Å². The zero-order valence-electron chi connectivity index (χ0n) is 17.9. The summed E-state index contributed by atoms with van der Waals surface area (Å²) >= 11 is 11.4. The molecule has 0 bridgehead atoms. The van der Waals surface area contributed by atoms with E-state index < -0.39 is 0 Å². The van der Waals surface area contributed by atoms with Crippen molar-refractivity contribution in [3.8, 4) is 11.1 Å². The minimum atomic E-state index is -0.322. The van der Waals surface area contributed by atoms with Gasteiger partial charge in [-0.15, -0.1) is 0 Å². The summed E-state index contributed by atoms with van der Waals surface area (Å²) in [7, 11) is 0. The van der Waals surface area contributed by atoms with Gasteiger partial charge in [-0.2, -0.15) is 0 Å². The summed E-state index contributed by atoms with van der Waals surface area (Å²) in [4.78, 5) is 25.1. The second kappa shape index (κ2) is 10.7. The van der Waals surface area contributed by atoms with Gasteiger partial charge in [0, 0.05) is 16.9 Å². The molecule has 4 aromatic carbocycles. The van der Waals surface area contributed by atoms with E-state index >= 15 is 0 Å². The number of halogens is 1. The van der Waals surface area contributed by atoms with Crippen LogP contribution in [0.1, 0.15) is 20.7 Å². The molecule has 0 saturated heterocycles. The van der Waals surface area contributed by atoms with Crippen LogP contribution in [0.2, 0.25) is 5.02 Å². The maximum atomic E-state index is 12.6. The van der Waals surface area contributed by atoms with Crippen molar-refractivity contribution in [1.29, 1.82) is 0 Å². The molecule has 0 aliphatic heterocycles. The first kappa shape index (κ1) is 23.2. The van der Waals surface area contributed by atoms with E-state index in [1.165, 1.54) is 0 Å². The highest BCUT2D eigenvalue weighted by atomic mass is 35.5. The molecule has 34 heavy (non-hydrogen) atoms. The van der Waals surface area contributed by atoms with E-state index in [4.69, 9.17) is 23.8 Å². The van der Waals surface area contributed by atoms with Crippen molar-refractivity contribution in [3.63, 3.8) is 0 Å². The number of carbonyl (C=O) groups excluding carboxylic acids is 2. The van der Waals surface area contributed by atoms with Gasteiger partial charge in [0.1, 0.15) is 0 Å². The van der Waals surface area contributed by atoms with E-state index in [9.17, 15) is 9.59 Å². The third kappa shape index (κ3) is 5.86. The first-order chi connectivity index (χ1) is 16.5. The van der Waals surface area contributed by atoms with E-state index in [2.05, 4.69) is 16.0 Å². The Morgan fingerprint density at radius 3 is 1.97 bits per heavy atom. The number of anilines is 2. The number of nitrogens with one attached hydrogen (secondary N) is 3. The molecule has 0 aliphatic carbocycles. The molecule has 4 rings (SSSR count). The summed E-state index contributed by atoms with van der Waals surface area (Å²) < 4.78 is 0. The SMILES string of the molecule is O=C(NC(=S)Nc1cccc(NC(=O)c2ccccc2Cl)c1)c1ccc(-c2ccccc2)cc1. The monoisotopic (exact) mass is 485 g/mol. The molecule has 168 valence electrons. The van der Waals surface area contributed by atoms with Crippen LogP contribution in [0.25, 0.3) is 11.1 Å². The highest BCUT2D eigenvalue weighted by molar-refractivity contribution is 7.80. The van der Waals surface area contributed by atoms with Crippen molar-refractivity contribution in [2.75, 3.05) is 10.6 Å². The highest BCUT2D eigenvalue weighted by Gasteiger charge is 2.11. The molecule has 0 fully saturated rings. The standard InChI is InChI=1S/C27H20ClN3O2S/c28-24-12-5-4-11-23(24)26(33)29-21-9-6-10-22(17-21)30-27(34)31-25(32)20-15-13-19(14-16-20)18-7-2-1-3-8-18/h1-17H,(H,29,33)(H2,30,31,32,34). The molecule has 0 radical (unpaired) electrons. The first-order valence-electron chi connectivity index (χ1n) is 10.4. The molecule has 0 aliphatic rings.